The summed E-state index contributed by atoms with van der Waals surface area (Å²) >= 11 is 6.18. The lowest BCUT2D eigenvalue weighted by Crippen LogP contribution is -2.04. The van der Waals surface area contributed by atoms with Crippen LogP contribution >= 0.6 is 11.6 Å². The molecule has 0 spiro atoms. The van der Waals surface area contributed by atoms with Crippen LogP contribution in [0.15, 0.2) is 48.5 Å². The Labute approximate surface area is 125 Å². The first kappa shape index (κ1) is 14.9. The molecule has 0 aromatic heterocycles. The third-order valence-corrected chi connectivity index (χ3v) is 3.42. The van der Waals surface area contributed by atoms with Gasteiger partial charge in [0.15, 0.2) is 0 Å². The van der Waals surface area contributed by atoms with Crippen molar-refractivity contribution < 1.29 is 9.84 Å². The predicted molar refractivity (Wildman–Crippen MR) is 82.3 cm³/mol. The average Bonchev–Trinajstić information content (AvgIpc) is 2.47. The van der Waals surface area contributed by atoms with Crippen LogP contribution < -0.4 is 4.74 Å². The van der Waals surface area contributed by atoms with Gasteiger partial charge in [0.25, 0.3) is 0 Å². The lowest BCUT2D eigenvalue weighted by atomic mass is 10.0. The second kappa shape index (κ2) is 7.32. The van der Waals surface area contributed by atoms with Gasteiger partial charge in [0.2, 0.25) is 0 Å². The molecule has 106 valence electrons. The minimum absolute atomic E-state index is 0.539. The lowest BCUT2D eigenvalue weighted by molar-refractivity contribution is 0.178. The van der Waals surface area contributed by atoms with Crippen molar-refractivity contribution in [2.75, 3.05) is 6.61 Å². The summed E-state index contributed by atoms with van der Waals surface area (Å²) in [6.45, 7) is 2.72. The van der Waals surface area contributed by atoms with E-state index in [0.717, 1.165) is 17.7 Å². The smallest absolute Gasteiger partial charge is 0.119 e. The fourth-order valence-electron chi connectivity index (χ4n) is 2.03. The minimum atomic E-state index is -0.630. The molecule has 2 rings (SSSR count). The highest BCUT2D eigenvalue weighted by Gasteiger charge is 2.13. The SMILES string of the molecule is CCCOc1ccc(Cl)c(C(O)Cc2ccccc2)c1. The molecule has 1 N–H and O–H groups in total. The summed E-state index contributed by atoms with van der Waals surface area (Å²) in [7, 11) is 0. The molecule has 2 nitrogen and oxygen atoms in total. The molecule has 0 fully saturated rings. The summed E-state index contributed by atoms with van der Waals surface area (Å²) in [4.78, 5) is 0. The van der Waals surface area contributed by atoms with Crippen molar-refractivity contribution in [2.24, 2.45) is 0 Å². The standard InChI is InChI=1S/C17H19ClO2/c1-2-10-20-14-8-9-16(18)15(12-14)17(19)11-13-6-4-3-5-7-13/h3-9,12,17,19H,2,10-11H2,1H3. The Morgan fingerprint density at radius 1 is 1.15 bits per heavy atom. The van der Waals surface area contributed by atoms with E-state index in [9.17, 15) is 5.11 Å². The molecule has 20 heavy (non-hydrogen) atoms. The van der Waals surface area contributed by atoms with Crippen LogP contribution in [0.2, 0.25) is 5.02 Å². The third kappa shape index (κ3) is 3.99. The van der Waals surface area contributed by atoms with Gasteiger partial charge in [0.1, 0.15) is 5.75 Å². The van der Waals surface area contributed by atoms with Crippen molar-refractivity contribution in [2.45, 2.75) is 25.9 Å². The van der Waals surface area contributed by atoms with E-state index < -0.39 is 6.10 Å². The first-order chi connectivity index (χ1) is 9.70. The number of benzene rings is 2. The minimum Gasteiger partial charge on any atom is -0.494 e. The maximum absolute atomic E-state index is 10.4. The van der Waals surface area contributed by atoms with Gasteiger partial charge in [-0.2, -0.15) is 0 Å². The average molecular weight is 291 g/mol. The van der Waals surface area contributed by atoms with Crippen LogP contribution in [0.3, 0.4) is 0 Å². The fraction of sp³-hybridized carbons (Fsp3) is 0.294. The van der Waals surface area contributed by atoms with Crippen molar-refractivity contribution in [1.29, 1.82) is 0 Å². The first-order valence-electron chi connectivity index (χ1n) is 6.85. The molecular weight excluding hydrogens is 272 g/mol. The Bertz CT molecular complexity index is 540. The Morgan fingerprint density at radius 2 is 1.90 bits per heavy atom. The highest BCUT2D eigenvalue weighted by molar-refractivity contribution is 6.31. The topological polar surface area (TPSA) is 29.5 Å². The van der Waals surface area contributed by atoms with E-state index in [0.29, 0.717) is 23.6 Å². The molecule has 2 aromatic carbocycles. The highest BCUT2D eigenvalue weighted by atomic mass is 35.5. The van der Waals surface area contributed by atoms with Gasteiger partial charge in [0.05, 0.1) is 12.7 Å². The summed E-state index contributed by atoms with van der Waals surface area (Å²) in [6.07, 6.45) is 0.859. The van der Waals surface area contributed by atoms with Gasteiger partial charge in [0, 0.05) is 17.0 Å². The van der Waals surface area contributed by atoms with Crippen molar-refractivity contribution >= 4 is 11.6 Å². The molecule has 0 heterocycles. The number of rotatable bonds is 6. The van der Waals surface area contributed by atoms with Crippen LogP contribution in [0.1, 0.15) is 30.6 Å². The van der Waals surface area contributed by atoms with Crippen LogP contribution in [0.4, 0.5) is 0 Å². The van der Waals surface area contributed by atoms with E-state index in [2.05, 4.69) is 6.92 Å². The Balaban J connectivity index is 2.13. The summed E-state index contributed by atoms with van der Waals surface area (Å²) in [6, 6.07) is 15.3. The van der Waals surface area contributed by atoms with Crippen LogP contribution in [0.5, 0.6) is 5.75 Å². The molecule has 2 aromatic rings. The molecule has 0 saturated carbocycles. The van der Waals surface area contributed by atoms with E-state index in [1.54, 1.807) is 6.07 Å². The quantitative estimate of drug-likeness (QED) is 0.854. The van der Waals surface area contributed by atoms with E-state index >= 15 is 0 Å². The van der Waals surface area contributed by atoms with Crippen molar-refractivity contribution in [1.82, 2.24) is 0 Å². The maximum atomic E-state index is 10.4. The van der Waals surface area contributed by atoms with Gasteiger partial charge in [-0.3, -0.25) is 0 Å². The van der Waals surface area contributed by atoms with E-state index in [-0.39, 0.29) is 0 Å². The molecule has 0 aliphatic heterocycles. The van der Waals surface area contributed by atoms with E-state index in [1.807, 2.05) is 42.5 Å². The van der Waals surface area contributed by atoms with Gasteiger partial charge < -0.3 is 9.84 Å². The lowest BCUT2D eigenvalue weighted by Gasteiger charge is -2.14. The van der Waals surface area contributed by atoms with E-state index in [1.165, 1.54) is 0 Å². The fourth-order valence-corrected chi connectivity index (χ4v) is 2.28. The van der Waals surface area contributed by atoms with Crippen LogP contribution in [-0.4, -0.2) is 11.7 Å². The number of hydrogen-bond donors (Lipinski definition) is 1. The molecule has 0 radical (unpaired) electrons. The summed E-state index contributed by atoms with van der Waals surface area (Å²) in [5.41, 5.74) is 1.79. The Kier molecular flexibility index (Phi) is 5.45. The van der Waals surface area contributed by atoms with Crippen molar-refractivity contribution in [3.05, 3.63) is 64.7 Å². The molecule has 0 saturated heterocycles. The second-order valence-electron chi connectivity index (χ2n) is 4.74. The molecule has 0 bridgehead atoms. The predicted octanol–water partition coefficient (Wildman–Crippen LogP) is 4.40. The Morgan fingerprint density at radius 3 is 2.60 bits per heavy atom. The van der Waals surface area contributed by atoms with Gasteiger partial charge in [-0.25, -0.2) is 0 Å². The monoisotopic (exact) mass is 290 g/mol. The molecule has 0 aliphatic carbocycles. The zero-order valence-corrected chi connectivity index (χ0v) is 12.3. The summed E-state index contributed by atoms with van der Waals surface area (Å²) in [5, 5.41) is 10.9. The normalized spacial score (nSPS) is 12.2. The van der Waals surface area contributed by atoms with Gasteiger partial charge in [-0.15, -0.1) is 0 Å². The Hall–Kier alpha value is -1.51. The second-order valence-corrected chi connectivity index (χ2v) is 5.14. The molecular formula is C17H19ClO2. The van der Waals surface area contributed by atoms with Crippen LogP contribution in [-0.2, 0) is 6.42 Å². The number of aliphatic hydroxyl groups excluding tert-OH is 1. The summed E-state index contributed by atoms with van der Waals surface area (Å²) in [5.74, 6) is 0.748. The number of ether oxygens (including phenoxy) is 1. The van der Waals surface area contributed by atoms with Gasteiger partial charge in [-0.1, -0.05) is 48.9 Å². The number of hydrogen-bond acceptors (Lipinski definition) is 2. The highest BCUT2D eigenvalue weighted by Crippen LogP contribution is 2.29. The number of halogens is 1. The van der Waals surface area contributed by atoms with Crippen molar-refractivity contribution in [3.8, 4) is 5.75 Å². The molecule has 0 aliphatic rings. The molecule has 0 amide bonds. The van der Waals surface area contributed by atoms with Crippen LogP contribution in [0.25, 0.3) is 0 Å². The number of aliphatic hydroxyl groups is 1. The van der Waals surface area contributed by atoms with Crippen molar-refractivity contribution in [3.63, 3.8) is 0 Å². The molecule has 1 atom stereocenters. The van der Waals surface area contributed by atoms with Gasteiger partial charge >= 0.3 is 0 Å². The van der Waals surface area contributed by atoms with Crippen LogP contribution in [0, 0.1) is 0 Å². The largest absolute Gasteiger partial charge is 0.494 e. The zero-order valence-electron chi connectivity index (χ0n) is 11.6. The van der Waals surface area contributed by atoms with E-state index in [4.69, 9.17) is 16.3 Å². The molecule has 1 unspecified atom stereocenters. The first-order valence-corrected chi connectivity index (χ1v) is 7.22. The van der Waals surface area contributed by atoms with Gasteiger partial charge in [-0.05, 0) is 30.2 Å². The summed E-state index contributed by atoms with van der Waals surface area (Å²) < 4.78 is 5.58. The third-order valence-electron chi connectivity index (χ3n) is 3.07. The molecule has 3 heteroatoms. The zero-order chi connectivity index (χ0) is 14.4. The maximum Gasteiger partial charge on any atom is 0.119 e.